The van der Waals surface area contributed by atoms with Gasteiger partial charge in [-0.05, 0) is 100 Å². The lowest BCUT2D eigenvalue weighted by atomic mass is 9.71. The number of nitrogens with one attached hydrogen (secondary N) is 2. The van der Waals surface area contributed by atoms with Gasteiger partial charge < -0.3 is 25.4 Å². The van der Waals surface area contributed by atoms with Crippen LogP contribution in [0.2, 0.25) is 5.02 Å². The summed E-state index contributed by atoms with van der Waals surface area (Å²) in [6.45, 7) is 4.75. The van der Waals surface area contributed by atoms with E-state index in [1.807, 2.05) is 42.3 Å². The number of amides is 2. The van der Waals surface area contributed by atoms with Crippen molar-refractivity contribution in [3.8, 4) is 11.1 Å². The van der Waals surface area contributed by atoms with Gasteiger partial charge in [-0.2, -0.15) is 0 Å². The van der Waals surface area contributed by atoms with Crippen molar-refractivity contribution >= 4 is 23.6 Å². The molecule has 2 aliphatic rings. The number of ether oxygens (including phenoxy) is 1. The molecule has 0 radical (unpaired) electrons. The first kappa shape index (κ1) is 32.3. The van der Waals surface area contributed by atoms with Crippen LogP contribution < -0.4 is 10.6 Å². The minimum Gasteiger partial charge on any atom is -0.453 e. The van der Waals surface area contributed by atoms with Crippen molar-refractivity contribution < 1.29 is 19.4 Å². The summed E-state index contributed by atoms with van der Waals surface area (Å²) in [4.78, 5) is 27.5. The molecule has 42 heavy (non-hydrogen) atoms. The number of aryl methyl sites for hydroxylation is 1. The second-order valence-electron chi connectivity index (χ2n) is 12.1. The fourth-order valence-electron chi connectivity index (χ4n) is 7.03. The molecule has 0 aromatic heterocycles. The number of alkyl carbamates (subject to hydrolysis) is 1. The number of hydrogen-bond donors (Lipinski definition) is 3. The first-order valence-electron chi connectivity index (χ1n) is 15.7. The average Bonchev–Trinajstić information content (AvgIpc) is 3.03. The Morgan fingerprint density at radius 1 is 1.12 bits per heavy atom. The highest BCUT2D eigenvalue weighted by atomic mass is 35.5. The van der Waals surface area contributed by atoms with Crippen LogP contribution in [0, 0.1) is 17.8 Å². The van der Waals surface area contributed by atoms with Crippen LogP contribution in [0.3, 0.4) is 0 Å². The second-order valence-corrected chi connectivity index (χ2v) is 12.5. The number of likely N-dealkylation sites (tertiary alicyclic amines) is 1. The zero-order valence-electron chi connectivity index (χ0n) is 25.5. The Morgan fingerprint density at radius 3 is 2.60 bits per heavy atom. The summed E-state index contributed by atoms with van der Waals surface area (Å²) in [6, 6.07) is 14.1. The van der Waals surface area contributed by atoms with E-state index in [-0.39, 0.29) is 17.7 Å². The van der Waals surface area contributed by atoms with Crippen LogP contribution in [-0.2, 0) is 21.6 Å². The fraction of sp³-hybridized carbons (Fsp3) is 0.588. The average molecular weight is 598 g/mol. The smallest absolute Gasteiger partial charge is 0.406 e. The molecule has 2 atom stereocenters. The number of rotatable bonds is 11. The third-order valence-corrected chi connectivity index (χ3v) is 9.71. The van der Waals surface area contributed by atoms with Crippen LogP contribution >= 0.6 is 11.6 Å². The minimum atomic E-state index is -1.25. The van der Waals surface area contributed by atoms with Gasteiger partial charge in [-0.1, -0.05) is 54.9 Å². The van der Waals surface area contributed by atoms with Crippen molar-refractivity contribution in [2.24, 2.45) is 17.8 Å². The number of halogens is 1. The molecule has 8 heteroatoms. The van der Waals surface area contributed by atoms with E-state index in [4.69, 9.17) is 16.3 Å². The molecule has 0 spiro atoms. The maximum absolute atomic E-state index is 13.8. The van der Waals surface area contributed by atoms with Crippen LogP contribution in [0.25, 0.3) is 11.1 Å². The molecule has 1 saturated carbocycles. The number of hydrogen-bond acceptors (Lipinski definition) is 5. The van der Waals surface area contributed by atoms with Crippen LogP contribution in [0.5, 0.6) is 0 Å². The van der Waals surface area contributed by atoms with E-state index >= 15 is 0 Å². The third kappa shape index (κ3) is 7.66. The summed E-state index contributed by atoms with van der Waals surface area (Å²) in [5, 5.41) is 19.4. The largest absolute Gasteiger partial charge is 0.453 e. The van der Waals surface area contributed by atoms with Gasteiger partial charge >= 0.3 is 6.09 Å². The lowest BCUT2D eigenvalue weighted by Gasteiger charge is -2.44. The van der Waals surface area contributed by atoms with Gasteiger partial charge in [0.1, 0.15) is 0 Å². The molecule has 1 aliphatic carbocycles. The molecule has 0 unspecified atom stereocenters. The molecule has 1 saturated heterocycles. The lowest BCUT2D eigenvalue weighted by molar-refractivity contribution is -0.142. The summed E-state index contributed by atoms with van der Waals surface area (Å²) >= 11 is 6.89. The van der Waals surface area contributed by atoms with E-state index in [1.165, 1.54) is 12.7 Å². The maximum Gasteiger partial charge on any atom is 0.406 e. The zero-order valence-corrected chi connectivity index (χ0v) is 26.2. The highest BCUT2D eigenvalue weighted by Crippen LogP contribution is 2.46. The lowest BCUT2D eigenvalue weighted by Crippen LogP contribution is -2.50. The molecule has 1 heterocycles. The SMILES string of the molecule is CCc1cccc(-c2c(Cl)cccc2[C@](O)(CCCNC(=O)OC)[C@@H]2CCCN(C(=O)C3CCC(CNC)CC3)C2)c1. The van der Waals surface area contributed by atoms with Gasteiger partial charge in [-0.3, -0.25) is 4.79 Å². The Labute approximate surface area is 256 Å². The van der Waals surface area contributed by atoms with Crippen molar-refractivity contribution in [1.82, 2.24) is 15.5 Å². The predicted octanol–water partition coefficient (Wildman–Crippen LogP) is 6.16. The molecular weight excluding hydrogens is 550 g/mol. The van der Waals surface area contributed by atoms with E-state index in [0.29, 0.717) is 36.9 Å². The van der Waals surface area contributed by atoms with Crippen LogP contribution in [-0.4, -0.2) is 62.3 Å². The highest BCUT2D eigenvalue weighted by molar-refractivity contribution is 6.33. The van der Waals surface area contributed by atoms with Crippen molar-refractivity contribution in [3.05, 3.63) is 58.6 Å². The molecule has 3 N–H and O–H groups in total. The van der Waals surface area contributed by atoms with Gasteiger partial charge in [0, 0.05) is 42.1 Å². The van der Waals surface area contributed by atoms with Crippen LogP contribution in [0.4, 0.5) is 4.79 Å². The zero-order chi connectivity index (χ0) is 30.1. The molecule has 0 bridgehead atoms. The fourth-order valence-corrected chi connectivity index (χ4v) is 7.32. The van der Waals surface area contributed by atoms with Crippen molar-refractivity contribution in [3.63, 3.8) is 0 Å². The van der Waals surface area contributed by atoms with Crippen LogP contribution in [0.1, 0.15) is 69.4 Å². The van der Waals surface area contributed by atoms with Gasteiger partial charge in [0.15, 0.2) is 0 Å². The van der Waals surface area contributed by atoms with Gasteiger partial charge in [0.2, 0.25) is 5.91 Å². The Hall–Kier alpha value is -2.61. The van der Waals surface area contributed by atoms with Crippen LogP contribution in [0.15, 0.2) is 42.5 Å². The number of methoxy groups -OCH3 is 1. The quantitative estimate of drug-likeness (QED) is 0.270. The van der Waals surface area contributed by atoms with Crippen molar-refractivity contribution in [1.29, 1.82) is 0 Å². The van der Waals surface area contributed by atoms with E-state index in [1.54, 1.807) is 0 Å². The number of carbonyl (C=O) groups excluding carboxylic acids is 2. The number of carbonyl (C=O) groups is 2. The Morgan fingerprint density at radius 2 is 1.88 bits per heavy atom. The van der Waals surface area contributed by atoms with E-state index in [2.05, 4.69) is 29.7 Å². The molecule has 4 rings (SSSR count). The second kappa shape index (κ2) is 15.2. The molecule has 2 amide bonds. The molecule has 230 valence electrons. The van der Waals surface area contributed by atoms with Gasteiger partial charge in [0.25, 0.3) is 0 Å². The van der Waals surface area contributed by atoms with Crippen molar-refractivity contribution in [2.45, 2.75) is 70.3 Å². The number of nitrogens with zero attached hydrogens (tertiary/aromatic N) is 1. The summed E-state index contributed by atoms with van der Waals surface area (Å²) in [6.07, 6.45) is 7.04. The molecule has 2 aromatic carbocycles. The Kier molecular flexibility index (Phi) is 11.7. The normalized spacial score (nSPS) is 22.3. The van der Waals surface area contributed by atoms with Gasteiger partial charge in [0.05, 0.1) is 12.7 Å². The molecule has 1 aliphatic heterocycles. The first-order chi connectivity index (χ1) is 20.3. The molecule has 2 fully saturated rings. The molecule has 2 aromatic rings. The standard InChI is InChI=1S/C34H48ClN3O4/c1-4-24-9-5-10-27(21-24)31-29(12-6-13-30(31)35)34(41,18-8-19-37-33(40)42-3)28-11-7-20-38(23-28)32(39)26-16-14-25(15-17-26)22-36-2/h5-6,9-10,12-13,21,25-26,28,36,41H,4,7-8,11,14-20,22-23H2,1-3H3,(H,37,40)/t25?,26?,28-,34+/m1/s1. The highest BCUT2D eigenvalue weighted by Gasteiger charge is 2.43. The van der Waals surface area contributed by atoms with Crippen molar-refractivity contribution in [2.75, 3.05) is 40.3 Å². The van der Waals surface area contributed by atoms with E-state index < -0.39 is 11.7 Å². The van der Waals surface area contributed by atoms with E-state index in [9.17, 15) is 14.7 Å². The Balaban J connectivity index is 1.63. The molecular formula is C34H48ClN3O4. The Bertz CT molecular complexity index is 1200. The minimum absolute atomic E-state index is 0.0627. The monoisotopic (exact) mass is 597 g/mol. The van der Waals surface area contributed by atoms with E-state index in [0.717, 1.165) is 74.7 Å². The summed E-state index contributed by atoms with van der Waals surface area (Å²) < 4.78 is 4.74. The van der Waals surface area contributed by atoms with Gasteiger partial charge in [-0.15, -0.1) is 0 Å². The topological polar surface area (TPSA) is 90.9 Å². The maximum atomic E-state index is 13.8. The first-order valence-corrected chi connectivity index (χ1v) is 16.0. The summed E-state index contributed by atoms with van der Waals surface area (Å²) in [5.74, 6) is 0.775. The number of benzene rings is 2. The summed E-state index contributed by atoms with van der Waals surface area (Å²) in [7, 11) is 3.33. The predicted molar refractivity (Wildman–Crippen MR) is 168 cm³/mol. The van der Waals surface area contributed by atoms with Gasteiger partial charge in [-0.25, -0.2) is 4.79 Å². The third-order valence-electron chi connectivity index (χ3n) is 9.39. The number of piperidine rings is 1. The number of aliphatic hydroxyl groups is 1. The molecule has 7 nitrogen and oxygen atoms in total. The summed E-state index contributed by atoms with van der Waals surface area (Å²) in [5.41, 5.74) is 2.55.